The summed E-state index contributed by atoms with van der Waals surface area (Å²) in [6.07, 6.45) is 5.22. The molecule has 1 aliphatic heterocycles. The van der Waals surface area contributed by atoms with E-state index < -0.39 is 0 Å². The zero-order valence-corrected chi connectivity index (χ0v) is 15.6. The molecule has 0 radical (unpaired) electrons. The van der Waals surface area contributed by atoms with E-state index in [-0.39, 0.29) is 0 Å². The Bertz CT molecular complexity index is 565. The number of nitrogens with zero attached hydrogens (tertiary/aromatic N) is 1. The Morgan fingerprint density at radius 1 is 1.33 bits per heavy atom. The van der Waals surface area contributed by atoms with Gasteiger partial charge in [0.05, 0.1) is 6.61 Å². The summed E-state index contributed by atoms with van der Waals surface area (Å²) >= 11 is 2.06. The second-order valence-corrected chi connectivity index (χ2v) is 8.73. The highest BCUT2D eigenvalue weighted by molar-refractivity contribution is 8.00. The van der Waals surface area contributed by atoms with Gasteiger partial charge in [-0.1, -0.05) is 18.2 Å². The molecule has 2 aliphatic rings. The Morgan fingerprint density at radius 3 is 2.88 bits per heavy atom. The number of nitrogens with one attached hydrogen (secondary N) is 2. The lowest BCUT2D eigenvalue weighted by atomic mass is 10.1. The number of ether oxygens (including phenoxy) is 1. The zero-order valence-electron chi connectivity index (χ0n) is 14.8. The number of rotatable bonds is 7. The zero-order chi connectivity index (χ0) is 16.8. The van der Waals surface area contributed by atoms with Crippen LogP contribution in [0.25, 0.3) is 0 Å². The standard InChI is InChI=1S/C19H29N3OS/c1-19(10-5-11-24-19)14-22-18(20-2)21-12-16-6-3-4-7-17(16)23-13-15-8-9-15/h3-4,6-7,15H,5,8-14H2,1-2H3,(H2,20,21,22). The predicted octanol–water partition coefficient (Wildman–Crippen LogP) is 3.43. The van der Waals surface area contributed by atoms with Gasteiger partial charge < -0.3 is 15.4 Å². The molecule has 2 N–H and O–H groups in total. The fourth-order valence-corrected chi connectivity index (χ4v) is 4.17. The molecule has 0 bridgehead atoms. The normalized spacial score (nSPS) is 24.0. The Hall–Kier alpha value is -1.36. The lowest BCUT2D eigenvalue weighted by Gasteiger charge is -2.24. The fraction of sp³-hybridized carbons (Fsp3) is 0.632. The van der Waals surface area contributed by atoms with Crippen LogP contribution in [-0.2, 0) is 6.54 Å². The van der Waals surface area contributed by atoms with Crippen LogP contribution in [-0.4, -0.2) is 36.7 Å². The maximum absolute atomic E-state index is 5.98. The van der Waals surface area contributed by atoms with Gasteiger partial charge in [0.2, 0.25) is 0 Å². The monoisotopic (exact) mass is 347 g/mol. The van der Waals surface area contributed by atoms with E-state index in [9.17, 15) is 0 Å². The maximum atomic E-state index is 5.98. The Labute approximate surface area is 149 Å². The minimum Gasteiger partial charge on any atom is -0.493 e. The molecule has 1 heterocycles. The summed E-state index contributed by atoms with van der Waals surface area (Å²) in [6, 6.07) is 8.28. The van der Waals surface area contributed by atoms with Gasteiger partial charge >= 0.3 is 0 Å². The predicted molar refractivity (Wildman–Crippen MR) is 103 cm³/mol. The van der Waals surface area contributed by atoms with Crippen LogP contribution in [0.1, 0.15) is 38.2 Å². The lowest BCUT2D eigenvalue weighted by molar-refractivity contribution is 0.296. The molecule has 0 amide bonds. The van der Waals surface area contributed by atoms with Crippen LogP contribution in [0, 0.1) is 5.92 Å². The minimum atomic E-state index is 0.336. The van der Waals surface area contributed by atoms with Crippen LogP contribution in [0.15, 0.2) is 29.3 Å². The highest BCUT2D eigenvalue weighted by Gasteiger charge is 2.29. The number of hydrogen-bond acceptors (Lipinski definition) is 3. The topological polar surface area (TPSA) is 45.7 Å². The average molecular weight is 348 g/mol. The molecule has 24 heavy (non-hydrogen) atoms. The first-order valence-corrected chi connectivity index (χ1v) is 9.96. The van der Waals surface area contributed by atoms with Gasteiger partial charge in [0.1, 0.15) is 5.75 Å². The molecule has 1 aromatic carbocycles. The highest BCUT2D eigenvalue weighted by Crippen LogP contribution is 2.36. The van der Waals surface area contributed by atoms with Crippen LogP contribution in [0.3, 0.4) is 0 Å². The molecule has 1 saturated carbocycles. The van der Waals surface area contributed by atoms with Gasteiger partial charge in [-0.05, 0) is 50.3 Å². The number of para-hydroxylation sites is 1. The maximum Gasteiger partial charge on any atom is 0.191 e. The molecular weight excluding hydrogens is 318 g/mol. The number of thioether (sulfide) groups is 1. The SMILES string of the molecule is CN=C(NCc1ccccc1OCC1CC1)NCC1(C)CCCS1. The van der Waals surface area contributed by atoms with Gasteiger partial charge in [-0.2, -0.15) is 11.8 Å². The van der Waals surface area contributed by atoms with E-state index in [0.29, 0.717) is 4.75 Å². The van der Waals surface area contributed by atoms with Crippen molar-refractivity contribution in [3.8, 4) is 5.75 Å². The van der Waals surface area contributed by atoms with Crippen LogP contribution in [0.2, 0.25) is 0 Å². The van der Waals surface area contributed by atoms with Crippen molar-refractivity contribution in [2.75, 3.05) is 26.0 Å². The summed E-state index contributed by atoms with van der Waals surface area (Å²) in [5, 5.41) is 6.90. The molecule has 1 aliphatic carbocycles. The summed E-state index contributed by atoms with van der Waals surface area (Å²) in [5.41, 5.74) is 1.18. The molecule has 2 fully saturated rings. The lowest BCUT2D eigenvalue weighted by Crippen LogP contribution is -2.43. The molecule has 1 unspecified atom stereocenters. The van der Waals surface area contributed by atoms with Crippen LogP contribution in [0.5, 0.6) is 5.75 Å². The smallest absolute Gasteiger partial charge is 0.191 e. The van der Waals surface area contributed by atoms with Crippen molar-refractivity contribution in [1.82, 2.24) is 10.6 Å². The number of aliphatic imine (C=N–C) groups is 1. The summed E-state index contributed by atoms with van der Waals surface area (Å²) in [6.45, 7) is 4.87. The third-order valence-electron chi connectivity index (χ3n) is 4.74. The van der Waals surface area contributed by atoms with Gasteiger partial charge in [0.15, 0.2) is 5.96 Å². The van der Waals surface area contributed by atoms with Crippen molar-refractivity contribution < 1.29 is 4.74 Å². The van der Waals surface area contributed by atoms with Gasteiger partial charge in [-0.15, -0.1) is 0 Å². The largest absolute Gasteiger partial charge is 0.493 e. The molecule has 0 aromatic heterocycles. The van der Waals surface area contributed by atoms with Crippen LogP contribution < -0.4 is 15.4 Å². The van der Waals surface area contributed by atoms with Crippen molar-refractivity contribution >= 4 is 17.7 Å². The second-order valence-electron chi connectivity index (χ2n) is 7.04. The van der Waals surface area contributed by atoms with Crippen molar-refractivity contribution in [2.24, 2.45) is 10.9 Å². The Kier molecular flexibility index (Phi) is 5.93. The third kappa shape index (κ3) is 5.07. The van der Waals surface area contributed by atoms with Crippen molar-refractivity contribution in [3.63, 3.8) is 0 Å². The molecule has 3 rings (SSSR count). The molecule has 5 heteroatoms. The summed E-state index contributed by atoms with van der Waals surface area (Å²) in [7, 11) is 1.83. The molecular formula is C19H29N3OS. The van der Waals surface area contributed by atoms with E-state index >= 15 is 0 Å². The van der Waals surface area contributed by atoms with E-state index in [1.807, 2.05) is 13.1 Å². The third-order valence-corrected chi connectivity index (χ3v) is 6.28. The second kappa shape index (κ2) is 8.15. The Balaban J connectivity index is 1.49. The first-order valence-electron chi connectivity index (χ1n) is 8.98. The quantitative estimate of drug-likeness (QED) is 0.586. The van der Waals surface area contributed by atoms with Gasteiger partial charge in [0, 0.05) is 30.4 Å². The van der Waals surface area contributed by atoms with Gasteiger partial charge in [-0.3, -0.25) is 4.99 Å². The number of benzene rings is 1. The van der Waals surface area contributed by atoms with E-state index in [4.69, 9.17) is 4.74 Å². The molecule has 1 aromatic rings. The van der Waals surface area contributed by atoms with Crippen molar-refractivity contribution in [2.45, 2.75) is 43.9 Å². The summed E-state index contributed by atoms with van der Waals surface area (Å²) < 4.78 is 6.32. The van der Waals surface area contributed by atoms with Crippen LogP contribution >= 0.6 is 11.8 Å². The molecule has 132 valence electrons. The van der Waals surface area contributed by atoms with Crippen molar-refractivity contribution in [3.05, 3.63) is 29.8 Å². The fourth-order valence-electron chi connectivity index (χ4n) is 2.93. The van der Waals surface area contributed by atoms with E-state index in [0.717, 1.165) is 37.3 Å². The average Bonchev–Trinajstić information content (AvgIpc) is 3.34. The first kappa shape index (κ1) is 17.5. The van der Waals surface area contributed by atoms with E-state index in [1.165, 1.54) is 37.0 Å². The number of guanidine groups is 1. The van der Waals surface area contributed by atoms with E-state index in [1.54, 1.807) is 0 Å². The number of hydrogen-bond donors (Lipinski definition) is 2. The molecule has 1 atom stereocenters. The van der Waals surface area contributed by atoms with Gasteiger partial charge in [-0.25, -0.2) is 0 Å². The van der Waals surface area contributed by atoms with Crippen LogP contribution in [0.4, 0.5) is 0 Å². The minimum absolute atomic E-state index is 0.336. The summed E-state index contributed by atoms with van der Waals surface area (Å²) in [4.78, 5) is 4.35. The van der Waals surface area contributed by atoms with Gasteiger partial charge in [0.25, 0.3) is 0 Å². The molecule has 4 nitrogen and oxygen atoms in total. The highest BCUT2D eigenvalue weighted by atomic mass is 32.2. The van der Waals surface area contributed by atoms with Crippen molar-refractivity contribution in [1.29, 1.82) is 0 Å². The Morgan fingerprint density at radius 2 is 2.17 bits per heavy atom. The summed E-state index contributed by atoms with van der Waals surface area (Å²) in [5.74, 6) is 3.90. The van der Waals surface area contributed by atoms with E-state index in [2.05, 4.69) is 52.5 Å². The molecule has 0 spiro atoms. The molecule has 1 saturated heterocycles. The first-order chi connectivity index (χ1) is 11.7.